The van der Waals surface area contributed by atoms with Crippen LogP contribution in [0.1, 0.15) is 51.8 Å². The van der Waals surface area contributed by atoms with Crippen molar-refractivity contribution in [3.8, 4) is 17.4 Å². The number of rotatable bonds is 10. The number of carbonyl (C=O) groups excluding carboxylic acids is 5. The zero-order valence-electron chi connectivity index (χ0n) is 26.5. The van der Waals surface area contributed by atoms with Crippen molar-refractivity contribution in [2.75, 3.05) is 10.6 Å². The molecule has 0 atom stereocenters. The number of para-hydroxylation sites is 2. The Morgan fingerprint density at radius 2 is 0.804 bits per heavy atom. The van der Waals surface area contributed by atoms with Crippen molar-refractivity contribution >= 4 is 41.5 Å². The number of amides is 2. The number of benzene rings is 5. The number of carbonyl (C=O) groups is 5. The van der Waals surface area contributed by atoms with Crippen molar-refractivity contribution in [1.82, 2.24) is 9.97 Å². The maximum Gasteiger partial charge on any atom is 0.344 e. The summed E-state index contributed by atoms with van der Waals surface area (Å²) < 4.78 is 16.1. The van der Waals surface area contributed by atoms with Crippen LogP contribution in [-0.2, 0) is 0 Å². The monoisotopic (exact) mass is 678 g/mol. The predicted molar refractivity (Wildman–Crippen MR) is 185 cm³/mol. The molecule has 0 spiro atoms. The summed E-state index contributed by atoms with van der Waals surface area (Å²) in [4.78, 5) is 72.5. The molecule has 250 valence electrons. The van der Waals surface area contributed by atoms with Crippen molar-refractivity contribution in [3.63, 3.8) is 0 Å². The summed E-state index contributed by atoms with van der Waals surface area (Å²) in [7, 11) is 0. The van der Waals surface area contributed by atoms with E-state index in [0.717, 1.165) is 0 Å². The van der Waals surface area contributed by atoms with Crippen LogP contribution in [0, 0.1) is 0 Å². The Morgan fingerprint density at radius 1 is 0.412 bits per heavy atom. The lowest BCUT2D eigenvalue weighted by Gasteiger charge is -2.11. The van der Waals surface area contributed by atoms with E-state index in [1.54, 1.807) is 91.0 Å². The number of ether oxygens (including phenoxy) is 3. The molecule has 12 heteroatoms. The smallest absolute Gasteiger partial charge is 0.344 e. The first-order chi connectivity index (χ1) is 24.8. The van der Waals surface area contributed by atoms with Crippen LogP contribution in [0.5, 0.6) is 17.4 Å². The number of aromatic nitrogens is 2. The van der Waals surface area contributed by atoms with Gasteiger partial charge in [0, 0.05) is 17.2 Å². The molecule has 0 aliphatic heterocycles. The molecule has 6 aromatic rings. The first-order valence-electron chi connectivity index (χ1n) is 15.3. The molecular weight excluding hydrogens is 652 g/mol. The summed E-state index contributed by atoms with van der Waals surface area (Å²) in [6.45, 7) is 0. The van der Waals surface area contributed by atoms with E-state index in [9.17, 15) is 24.0 Å². The highest BCUT2D eigenvalue weighted by molar-refractivity contribution is 6.06. The standard InChI is InChI=1S/C39H26N4O8/c44-34(25-16-20-28(21-17-25)36(46)49-30-12-6-2-7-13-30)40-32-24-33(51-38(48)27-10-4-1-5-11-27)42-39(41-32)43-35(45)26-18-22-29(23-19-26)37(47)50-31-14-8-3-9-15-31/h1-24H,(H2,40,41,42,43,44,45). The Hall–Kier alpha value is -7.47. The van der Waals surface area contributed by atoms with E-state index in [1.807, 2.05) is 0 Å². The highest BCUT2D eigenvalue weighted by Crippen LogP contribution is 2.21. The van der Waals surface area contributed by atoms with E-state index in [2.05, 4.69) is 20.6 Å². The molecule has 51 heavy (non-hydrogen) atoms. The van der Waals surface area contributed by atoms with Gasteiger partial charge in [-0.1, -0.05) is 54.6 Å². The van der Waals surface area contributed by atoms with Crippen LogP contribution in [0.3, 0.4) is 0 Å². The average Bonchev–Trinajstić information content (AvgIpc) is 3.16. The number of nitrogens with one attached hydrogen (secondary N) is 2. The number of hydrogen-bond donors (Lipinski definition) is 2. The second-order valence-corrected chi connectivity index (χ2v) is 10.6. The summed E-state index contributed by atoms with van der Waals surface area (Å²) in [5, 5.41) is 5.12. The summed E-state index contributed by atoms with van der Waals surface area (Å²) >= 11 is 0. The maximum atomic E-state index is 13.2. The molecule has 1 heterocycles. The molecule has 5 aromatic carbocycles. The van der Waals surface area contributed by atoms with Crippen LogP contribution < -0.4 is 24.8 Å². The Kier molecular flexibility index (Phi) is 10.2. The minimum atomic E-state index is -0.736. The minimum absolute atomic E-state index is 0.104. The SMILES string of the molecule is O=C(Nc1cc(OC(=O)c2ccccc2)nc(NC(=O)c2ccc(C(=O)Oc3ccccc3)cc2)n1)c1ccc(C(=O)Oc2ccccc2)cc1. The highest BCUT2D eigenvalue weighted by atomic mass is 16.5. The van der Waals surface area contributed by atoms with E-state index in [1.165, 1.54) is 54.6 Å². The van der Waals surface area contributed by atoms with Crippen molar-refractivity contribution in [3.05, 3.63) is 173 Å². The summed E-state index contributed by atoms with van der Waals surface area (Å²) in [5.74, 6) is -3.12. The molecule has 0 bridgehead atoms. The highest BCUT2D eigenvalue weighted by Gasteiger charge is 2.18. The summed E-state index contributed by atoms with van der Waals surface area (Å²) in [6.07, 6.45) is 0. The van der Waals surface area contributed by atoms with Crippen LogP contribution >= 0.6 is 0 Å². The molecule has 2 amide bonds. The van der Waals surface area contributed by atoms with Gasteiger partial charge in [-0.15, -0.1) is 0 Å². The fourth-order valence-electron chi connectivity index (χ4n) is 4.51. The van der Waals surface area contributed by atoms with E-state index >= 15 is 0 Å². The lowest BCUT2D eigenvalue weighted by atomic mass is 10.1. The first-order valence-corrected chi connectivity index (χ1v) is 15.3. The Bertz CT molecular complexity index is 2070. The molecule has 0 saturated carbocycles. The molecule has 0 aliphatic rings. The van der Waals surface area contributed by atoms with Gasteiger partial charge in [0.15, 0.2) is 0 Å². The van der Waals surface area contributed by atoms with Gasteiger partial charge in [0.1, 0.15) is 17.3 Å². The van der Waals surface area contributed by atoms with Crippen LogP contribution in [0.25, 0.3) is 0 Å². The Balaban J connectivity index is 1.17. The van der Waals surface area contributed by atoms with Gasteiger partial charge in [0.2, 0.25) is 11.8 Å². The van der Waals surface area contributed by atoms with Gasteiger partial charge in [0.05, 0.1) is 16.7 Å². The first kappa shape index (κ1) is 33.4. The van der Waals surface area contributed by atoms with Gasteiger partial charge in [-0.3, -0.25) is 14.9 Å². The van der Waals surface area contributed by atoms with Gasteiger partial charge in [-0.2, -0.15) is 9.97 Å². The van der Waals surface area contributed by atoms with Crippen LogP contribution in [0.4, 0.5) is 11.8 Å². The molecule has 2 N–H and O–H groups in total. The van der Waals surface area contributed by atoms with Crippen molar-refractivity contribution < 1.29 is 38.2 Å². The van der Waals surface area contributed by atoms with E-state index in [4.69, 9.17) is 14.2 Å². The normalized spacial score (nSPS) is 10.4. The fraction of sp³-hybridized carbons (Fsp3) is 0. The second kappa shape index (κ2) is 15.6. The van der Waals surface area contributed by atoms with Gasteiger partial charge in [-0.25, -0.2) is 14.4 Å². The average molecular weight is 679 g/mol. The van der Waals surface area contributed by atoms with Gasteiger partial charge >= 0.3 is 17.9 Å². The number of nitrogens with zero attached hydrogens (tertiary/aromatic N) is 2. The summed E-state index contributed by atoms with van der Waals surface area (Å²) in [6, 6.07) is 37.9. The van der Waals surface area contributed by atoms with Gasteiger partial charge < -0.3 is 19.5 Å². The van der Waals surface area contributed by atoms with E-state index in [0.29, 0.717) is 11.5 Å². The molecule has 0 saturated heterocycles. The minimum Gasteiger partial charge on any atom is -0.423 e. The van der Waals surface area contributed by atoms with Gasteiger partial charge in [-0.05, 0) is 84.9 Å². The number of esters is 3. The molecule has 0 aliphatic carbocycles. The zero-order chi connectivity index (χ0) is 35.6. The number of anilines is 2. The van der Waals surface area contributed by atoms with E-state index < -0.39 is 29.7 Å². The number of hydrogen-bond acceptors (Lipinski definition) is 10. The topological polar surface area (TPSA) is 163 Å². The van der Waals surface area contributed by atoms with Crippen molar-refractivity contribution in [2.24, 2.45) is 0 Å². The largest absolute Gasteiger partial charge is 0.423 e. The van der Waals surface area contributed by atoms with Crippen molar-refractivity contribution in [1.29, 1.82) is 0 Å². The molecule has 0 radical (unpaired) electrons. The quantitative estimate of drug-likeness (QED) is 0.119. The zero-order valence-corrected chi connectivity index (χ0v) is 26.5. The van der Waals surface area contributed by atoms with E-state index in [-0.39, 0.29) is 45.5 Å². The lowest BCUT2D eigenvalue weighted by molar-refractivity contribution is 0.0720. The predicted octanol–water partition coefficient (Wildman–Crippen LogP) is 6.64. The molecule has 0 fully saturated rings. The van der Waals surface area contributed by atoms with Crippen LogP contribution in [-0.4, -0.2) is 39.7 Å². The molecule has 0 unspecified atom stereocenters. The third-order valence-corrected chi connectivity index (χ3v) is 7.05. The molecule has 12 nitrogen and oxygen atoms in total. The van der Waals surface area contributed by atoms with Gasteiger partial charge in [0.25, 0.3) is 11.8 Å². The maximum absolute atomic E-state index is 13.2. The third-order valence-electron chi connectivity index (χ3n) is 7.05. The van der Waals surface area contributed by atoms with Crippen LogP contribution in [0.15, 0.2) is 146 Å². The van der Waals surface area contributed by atoms with Crippen molar-refractivity contribution in [2.45, 2.75) is 0 Å². The third kappa shape index (κ3) is 8.91. The molecule has 6 rings (SSSR count). The lowest BCUT2D eigenvalue weighted by Crippen LogP contribution is -2.19. The Morgan fingerprint density at radius 3 is 1.29 bits per heavy atom. The Labute approximate surface area is 290 Å². The van der Waals surface area contributed by atoms with Crippen LogP contribution in [0.2, 0.25) is 0 Å². The molecule has 1 aromatic heterocycles. The second-order valence-electron chi connectivity index (χ2n) is 10.6. The molecular formula is C39H26N4O8. The fourth-order valence-corrected chi connectivity index (χ4v) is 4.51. The summed E-state index contributed by atoms with van der Waals surface area (Å²) in [5.41, 5.74) is 0.998.